The van der Waals surface area contributed by atoms with E-state index in [9.17, 15) is 9.59 Å². The van der Waals surface area contributed by atoms with Gasteiger partial charge in [0, 0.05) is 44.3 Å². The zero-order chi connectivity index (χ0) is 21.3. The van der Waals surface area contributed by atoms with E-state index in [0.717, 1.165) is 51.0 Å². The summed E-state index contributed by atoms with van der Waals surface area (Å²) >= 11 is 0. The van der Waals surface area contributed by atoms with Crippen molar-refractivity contribution in [3.63, 3.8) is 0 Å². The fraction of sp³-hybridized carbons (Fsp3) is 0.652. The van der Waals surface area contributed by atoms with Crippen molar-refractivity contribution in [3.05, 3.63) is 35.9 Å². The van der Waals surface area contributed by atoms with Crippen molar-refractivity contribution in [1.29, 1.82) is 0 Å². The van der Waals surface area contributed by atoms with E-state index in [4.69, 9.17) is 9.47 Å². The molecule has 0 radical (unpaired) electrons. The van der Waals surface area contributed by atoms with Gasteiger partial charge in [-0.15, -0.1) is 0 Å². The van der Waals surface area contributed by atoms with Crippen molar-refractivity contribution >= 4 is 12.2 Å². The van der Waals surface area contributed by atoms with Gasteiger partial charge in [-0.3, -0.25) is 4.90 Å². The topological polar surface area (TPSA) is 62.3 Å². The van der Waals surface area contributed by atoms with Gasteiger partial charge in [-0.1, -0.05) is 30.3 Å². The number of fused-ring (bicyclic) bond motifs is 2. The summed E-state index contributed by atoms with van der Waals surface area (Å²) < 4.78 is 11.0. The van der Waals surface area contributed by atoms with E-state index < -0.39 is 5.60 Å². The van der Waals surface area contributed by atoms with E-state index in [1.807, 2.05) is 60.9 Å². The van der Waals surface area contributed by atoms with Crippen LogP contribution < -0.4 is 0 Å². The number of benzene rings is 1. The molecule has 1 aromatic carbocycles. The Hall–Kier alpha value is -2.28. The molecule has 7 heteroatoms. The molecule has 0 unspecified atom stereocenters. The van der Waals surface area contributed by atoms with Crippen LogP contribution >= 0.6 is 0 Å². The molecule has 0 spiro atoms. The molecule has 0 aliphatic carbocycles. The summed E-state index contributed by atoms with van der Waals surface area (Å²) in [5.41, 5.74) is 0.545. The van der Waals surface area contributed by atoms with Crippen molar-refractivity contribution in [1.82, 2.24) is 14.7 Å². The minimum atomic E-state index is -0.458. The maximum Gasteiger partial charge on any atom is 0.410 e. The Morgan fingerprint density at radius 2 is 1.67 bits per heavy atom. The van der Waals surface area contributed by atoms with E-state index in [2.05, 4.69) is 4.90 Å². The Morgan fingerprint density at radius 3 is 2.27 bits per heavy atom. The normalized spacial score (nSPS) is 24.9. The van der Waals surface area contributed by atoms with Crippen LogP contribution in [-0.4, -0.2) is 76.8 Å². The van der Waals surface area contributed by atoms with Gasteiger partial charge in [0.2, 0.25) is 0 Å². The predicted molar refractivity (Wildman–Crippen MR) is 113 cm³/mol. The van der Waals surface area contributed by atoms with E-state index in [1.165, 1.54) is 0 Å². The molecule has 0 saturated carbocycles. The van der Waals surface area contributed by atoms with Crippen LogP contribution in [0.25, 0.3) is 0 Å². The number of ether oxygens (including phenoxy) is 2. The molecular formula is C23H33N3O4. The first-order chi connectivity index (χ1) is 14.3. The number of nitrogens with zero attached hydrogens (tertiary/aromatic N) is 3. The second-order valence-electron chi connectivity index (χ2n) is 9.63. The molecule has 3 heterocycles. The van der Waals surface area contributed by atoms with Crippen molar-refractivity contribution in [2.75, 3.05) is 26.2 Å². The van der Waals surface area contributed by atoms with Crippen LogP contribution in [0.3, 0.4) is 0 Å². The summed E-state index contributed by atoms with van der Waals surface area (Å²) in [6.07, 6.45) is 2.52. The van der Waals surface area contributed by atoms with Crippen molar-refractivity contribution in [3.8, 4) is 0 Å². The average molecular weight is 416 g/mol. The predicted octanol–water partition coefficient (Wildman–Crippen LogP) is 3.48. The summed E-state index contributed by atoms with van der Waals surface area (Å²) in [5.74, 6) is 0. The number of piperidine rings is 1. The van der Waals surface area contributed by atoms with Crippen LogP contribution in [0.2, 0.25) is 0 Å². The third-order valence-electron chi connectivity index (χ3n) is 6.31. The third kappa shape index (κ3) is 4.72. The SMILES string of the molecule is CC(C)(C)OC(=O)N1C[C@@H]2C[C@H]1CN2C1CCN(C(=O)OCc2ccccc2)CC1. The monoisotopic (exact) mass is 415 g/mol. The van der Waals surface area contributed by atoms with Gasteiger partial charge in [-0.25, -0.2) is 9.59 Å². The second kappa shape index (κ2) is 8.46. The van der Waals surface area contributed by atoms with Crippen molar-refractivity contribution in [2.24, 2.45) is 0 Å². The molecule has 1 aromatic rings. The van der Waals surface area contributed by atoms with Crippen LogP contribution in [0, 0.1) is 0 Å². The van der Waals surface area contributed by atoms with E-state index in [-0.39, 0.29) is 18.2 Å². The molecular weight excluding hydrogens is 382 g/mol. The summed E-state index contributed by atoms with van der Waals surface area (Å²) in [6.45, 7) is 9.14. The van der Waals surface area contributed by atoms with Gasteiger partial charge in [0.15, 0.2) is 0 Å². The molecule has 2 amide bonds. The number of likely N-dealkylation sites (tertiary alicyclic amines) is 3. The first-order valence-electron chi connectivity index (χ1n) is 11.0. The van der Waals surface area contributed by atoms with E-state index in [0.29, 0.717) is 18.7 Å². The lowest BCUT2D eigenvalue weighted by molar-refractivity contribution is 0.00393. The lowest BCUT2D eigenvalue weighted by atomic mass is 10.0. The zero-order valence-corrected chi connectivity index (χ0v) is 18.3. The van der Waals surface area contributed by atoms with E-state index in [1.54, 1.807) is 0 Å². The summed E-state index contributed by atoms with van der Waals surface area (Å²) in [5, 5.41) is 0. The van der Waals surface area contributed by atoms with Gasteiger partial charge in [-0.2, -0.15) is 0 Å². The molecule has 3 aliphatic rings. The second-order valence-corrected chi connectivity index (χ2v) is 9.63. The standard InChI is InChI=1S/C23H33N3O4/c1-23(2,3)30-22(28)26-15-19-13-20(26)14-25(19)18-9-11-24(12-10-18)21(27)29-16-17-7-5-4-6-8-17/h4-8,18-20H,9-16H2,1-3H3/t19-,20-/m0/s1. The highest BCUT2D eigenvalue weighted by Gasteiger charge is 2.48. The minimum absolute atomic E-state index is 0.189. The number of piperazine rings is 1. The van der Waals surface area contributed by atoms with Crippen molar-refractivity contribution < 1.29 is 19.1 Å². The van der Waals surface area contributed by atoms with Crippen LogP contribution in [0.5, 0.6) is 0 Å². The first kappa shape index (κ1) is 21.0. The van der Waals surface area contributed by atoms with E-state index >= 15 is 0 Å². The molecule has 7 nitrogen and oxygen atoms in total. The van der Waals surface area contributed by atoms with Crippen LogP contribution in [-0.2, 0) is 16.1 Å². The van der Waals surface area contributed by atoms with Crippen molar-refractivity contribution in [2.45, 2.75) is 70.4 Å². The summed E-state index contributed by atoms with van der Waals surface area (Å²) in [7, 11) is 0. The minimum Gasteiger partial charge on any atom is -0.445 e. The highest BCUT2D eigenvalue weighted by atomic mass is 16.6. The van der Waals surface area contributed by atoms with Gasteiger partial charge in [0.25, 0.3) is 0 Å². The Labute approximate surface area is 178 Å². The van der Waals surface area contributed by atoms with Gasteiger partial charge in [-0.05, 0) is 45.6 Å². The number of amides is 2. The van der Waals surface area contributed by atoms with Crippen LogP contribution in [0.4, 0.5) is 9.59 Å². The molecule has 3 saturated heterocycles. The Bertz CT molecular complexity index is 755. The molecule has 3 fully saturated rings. The number of carbonyl (C=O) groups excluding carboxylic acids is 2. The highest BCUT2D eigenvalue weighted by Crippen LogP contribution is 2.35. The maximum absolute atomic E-state index is 12.4. The molecule has 164 valence electrons. The molecule has 2 bridgehead atoms. The molecule has 30 heavy (non-hydrogen) atoms. The highest BCUT2D eigenvalue weighted by molar-refractivity contribution is 5.69. The molecule has 0 aromatic heterocycles. The molecule has 3 aliphatic heterocycles. The lowest BCUT2D eigenvalue weighted by Crippen LogP contribution is -2.55. The first-order valence-corrected chi connectivity index (χ1v) is 11.0. The zero-order valence-electron chi connectivity index (χ0n) is 18.3. The Balaban J connectivity index is 1.22. The van der Waals surface area contributed by atoms with Gasteiger partial charge >= 0.3 is 12.2 Å². The molecule has 2 atom stereocenters. The average Bonchev–Trinajstić information content (AvgIpc) is 3.33. The fourth-order valence-electron chi connectivity index (χ4n) is 4.88. The smallest absolute Gasteiger partial charge is 0.410 e. The Morgan fingerprint density at radius 1 is 0.967 bits per heavy atom. The van der Waals surface area contributed by atoms with Gasteiger partial charge < -0.3 is 19.3 Å². The fourth-order valence-corrected chi connectivity index (χ4v) is 4.88. The summed E-state index contributed by atoms with van der Waals surface area (Å²) in [6, 6.07) is 10.9. The lowest BCUT2D eigenvalue weighted by Gasteiger charge is -2.42. The quantitative estimate of drug-likeness (QED) is 0.756. The molecule has 0 N–H and O–H groups in total. The number of hydrogen-bond donors (Lipinski definition) is 0. The largest absolute Gasteiger partial charge is 0.445 e. The van der Waals surface area contributed by atoms with Gasteiger partial charge in [0.05, 0.1) is 0 Å². The van der Waals surface area contributed by atoms with Crippen LogP contribution in [0.15, 0.2) is 30.3 Å². The van der Waals surface area contributed by atoms with Crippen LogP contribution in [0.1, 0.15) is 45.6 Å². The number of rotatable bonds is 3. The Kier molecular flexibility index (Phi) is 5.91. The third-order valence-corrected chi connectivity index (χ3v) is 6.31. The maximum atomic E-state index is 12.4. The van der Waals surface area contributed by atoms with Gasteiger partial charge in [0.1, 0.15) is 12.2 Å². The molecule has 4 rings (SSSR count). The summed E-state index contributed by atoms with van der Waals surface area (Å²) in [4.78, 5) is 31.1. The number of hydrogen-bond acceptors (Lipinski definition) is 5. The number of carbonyl (C=O) groups is 2.